The maximum Gasteiger partial charge on any atom is 3.00 e. The predicted molar refractivity (Wildman–Crippen MR) is 18.2 cm³/mol. The summed E-state index contributed by atoms with van der Waals surface area (Å²) in [4.78, 5) is 0. The number of rotatable bonds is 0. The van der Waals surface area contributed by atoms with E-state index in [1.165, 1.54) is 0 Å². The smallest absolute Gasteiger partial charge is 0.321 e. The Kier molecular flexibility index (Phi) is 50.8. The Balaban J connectivity index is -0.0000000270. The van der Waals surface area contributed by atoms with E-state index in [-0.39, 0.29) is 34.7 Å². The van der Waals surface area contributed by atoms with Gasteiger partial charge in [-0.25, -0.2) is 0 Å². The summed E-state index contributed by atoms with van der Waals surface area (Å²) in [5.41, 5.74) is 0. The van der Waals surface area contributed by atoms with E-state index in [1.807, 2.05) is 0 Å². The molecule has 0 aromatic heterocycles. The Labute approximate surface area is 109 Å². The molecule has 0 aliphatic rings. The van der Waals surface area contributed by atoms with Crippen molar-refractivity contribution in [2.24, 2.45) is 0 Å². The van der Waals surface area contributed by atoms with Crippen molar-refractivity contribution >= 4 is 34.7 Å². The zero-order valence-electron chi connectivity index (χ0n) is 6.08. The fourth-order valence-electron chi connectivity index (χ4n) is 0. The third kappa shape index (κ3) is 865. The minimum atomic E-state index is -2.60. The van der Waals surface area contributed by atoms with Gasteiger partial charge in [0.05, 0.1) is 0 Å². The first-order valence-corrected chi connectivity index (χ1v) is 4.30. The van der Waals surface area contributed by atoms with Crippen molar-refractivity contribution < 1.29 is 74.3 Å². The van der Waals surface area contributed by atoms with E-state index in [0.29, 0.717) is 0 Å². The van der Waals surface area contributed by atoms with Gasteiger partial charge in [0, 0.05) is 14.0 Å². The molecule has 0 heterocycles. The molecule has 0 aliphatic heterocycles. The van der Waals surface area contributed by atoms with Crippen LogP contribution < -0.4 is 28.0 Å². The molecule has 14 heavy (non-hydrogen) atoms. The van der Waals surface area contributed by atoms with Crippen molar-refractivity contribution in [3.8, 4) is 0 Å². The van der Waals surface area contributed by atoms with Crippen molar-refractivity contribution in [3.63, 3.8) is 0 Å². The Morgan fingerprint density at radius 3 is 0.500 bits per heavy atom. The van der Waals surface area contributed by atoms with E-state index in [4.69, 9.17) is 41.9 Å². The molecule has 0 bridgehead atoms. The first kappa shape index (κ1) is 29.6. The molecule has 0 aliphatic carbocycles. The zero-order chi connectivity index (χ0) is 10.7. The molecular weight excluding hydrogens is 304 g/mol. The summed E-state index contributed by atoms with van der Waals surface area (Å²) in [5.74, 6) is 0. The van der Waals surface area contributed by atoms with Gasteiger partial charge >= 0.3 is 34.7 Å². The Morgan fingerprint density at radius 2 is 0.500 bits per heavy atom. The van der Waals surface area contributed by atoms with E-state index < -0.39 is 32.4 Å². The van der Waals surface area contributed by atoms with Crippen LogP contribution in [0.5, 0.6) is 0 Å². The summed E-state index contributed by atoms with van der Waals surface area (Å²) >= 11 is 0. The van der Waals surface area contributed by atoms with Gasteiger partial charge in [0.15, 0.2) is 0 Å². The Hall–Kier alpha value is 1.57. The minimum Gasteiger partial charge on any atom is -0.321 e. The van der Waals surface area contributed by atoms with E-state index >= 15 is 0 Å². The summed E-state index contributed by atoms with van der Waals surface area (Å²) in [6.45, 7) is 0. The third-order valence-corrected chi connectivity index (χ3v) is 0. The molecule has 0 unspecified atom stereocenters. The van der Waals surface area contributed by atoms with Crippen molar-refractivity contribution in [2.75, 3.05) is 0 Å². The van der Waals surface area contributed by atoms with Crippen LogP contribution in [-0.2, 0) is 0 Å². The molecule has 0 saturated carbocycles. The standard InChI is InChI=1S/2Al.3ClHO3/c;;3*2-1(3)4/h;;3*2H/q2*+3;;;. The maximum absolute atomic E-state index is 8.52. The molecule has 0 atom stereocenters. The first-order valence-electron chi connectivity index (χ1n) is 1.43. The maximum atomic E-state index is 8.52. The topological polar surface area (TPSA) is 199 Å². The largest absolute Gasteiger partial charge is 3.00 e. The molecule has 0 saturated heterocycles. The summed E-state index contributed by atoms with van der Waals surface area (Å²) in [6, 6.07) is 0. The molecule has 0 rings (SSSR count). The SMILES string of the molecule is [Al+3].[Al+3].[O-][Cl+2]([O-])O.[O-][Cl+2]([O-])O.[O-][Cl+2]([O-])O. The average molecular weight is 307 g/mol. The van der Waals surface area contributed by atoms with Crippen LogP contribution in [-0.4, -0.2) is 48.7 Å². The Bertz CT molecular complexity index is 46.5. The Morgan fingerprint density at radius 1 is 0.500 bits per heavy atom. The summed E-state index contributed by atoms with van der Waals surface area (Å²) < 4.78 is 71.9. The van der Waals surface area contributed by atoms with Crippen LogP contribution >= 0.6 is 0 Å². The summed E-state index contributed by atoms with van der Waals surface area (Å²) in [7, 11) is -7.81. The molecular formula is H3Al2Cl3O9+6. The van der Waals surface area contributed by atoms with Crippen LogP contribution in [0.3, 0.4) is 0 Å². The number of halogens is 3. The van der Waals surface area contributed by atoms with Crippen LogP contribution in [0.2, 0.25) is 0 Å². The third-order valence-electron chi connectivity index (χ3n) is 0. The van der Waals surface area contributed by atoms with Crippen molar-refractivity contribution in [1.29, 1.82) is 0 Å². The van der Waals surface area contributed by atoms with Gasteiger partial charge in [-0.3, -0.25) is 0 Å². The van der Waals surface area contributed by atoms with E-state index in [9.17, 15) is 0 Å². The normalized spacial score (nSPS) is 7.71. The zero-order valence-corrected chi connectivity index (χ0v) is 10.7. The molecule has 14 heteroatoms. The second-order valence-electron chi connectivity index (χ2n) is 0.603. The molecule has 78 valence electrons. The molecule has 9 nitrogen and oxygen atoms in total. The van der Waals surface area contributed by atoms with Crippen LogP contribution in [0.4, 0.5) is 0 Å². The number of hydrogen-bond acceptors (Lipinski definition) is 9. The van der Waals surface area contributed by atoms with Gasteiger partial charge in [0.2, 0.25) is 0 Å². The van der Waals surface area contributed by atoms with Crippen LogP contribution in [0, 0.1) is 32.4 Å². The molecule has 0 fully saturated rings. The molecule has 0 amide bonds. The second-order valence-corrected chi connectivity index (χ2v) is 1.81. The second kappa shape index (κ2) is 24.0. The van der Waals surface area contributed by atoms with Crippen LogP contribution in [0.15, 0.2) is 0 Å². The van der Waals surface area contributed by atoms with E-state index in [1.54, 1.807) is 0 Å². The van der Waals surface area contributed by atoms with Crippen molar-refractivity contribution in [2.45, 2.75) is 0 Å². The van der Waals surface area contributed by atoms with Crippen molar-refractivity contribution in [1.82, 2.24) is 0 Å². The first-order chi connectivity index (χ1) is 5.20. The van der Waals surface area contributed by atoms with Crippen LogP contribution in [0.1, 0.15) is 0 Å². The van der Waals surface area contributed by atoms with Gasteiger partial charge in [-0.2, -0.15) is 0 Å². The van der Waals surface area contributed by atoms with Gasteiger partial charge in [0.25, 0.3) is 32.4 Å². The summed E-state index contributed by atoms with van der Waals surface area (Å²) in [6.07, 6.45) is 0. The van der Waals surface area contributed by atoms with Gasteiger partial charge in [-0.15, -0.1) is 0 Å². The fraction of sp³-hybridized carbons (Fsp3) is 0. The molecule has 0 aromatic rings. The van der Waals surface area contributed by atoms with Gasteiger partial charge in [-0.1, -0.05) is 0 Å². The molecule has 0 aromatic carbocycles. The average Bonchev–Trinajstić information content (AvgIpc) is 1.54. The molecule has 0 radical (unpaired) electrons. The molecule has 0 spiro atoms. The van der Waals surface area contributed by atoms with Gasteiger partial charge in [-0.05, 0) is 0 Å². The minimum absolute atomic E-state index is 0. The van der Waals surface area contributed by atoms with Gasteiger partial charge < -0.3 is 28.0 Å². The summed E-state index contributed by atoms with van der Waals surface area (Å²) in [5, 5.41) is 0. The quantitative estimate of drug-likeness (QED) is 0.363. The fourth-order valence-corrected chi connectivity index (χ4v) is 0. The monoisotopic (exact) mass is 306 g/mol. The van der Waals surface area contributed by atoms with E-state index in [0.717, 1.165) is 0 Å². The van der Waals surface area contributed by atoms with Gasteiger partial charge in [0.1, 0.15) is 0 Å². The molecule has 3 N–H and O–H groups in total. The van der Waals surface area contributed by atoms with Crippen LogP contribution in [0.25, 0.3) is 0 Å². The van der Waals surface area contributed by atoms with Crippen molar-refractivity contribution in [3.05, 3.63) is 0 Å². The predicted octanol–water partition coefficient (Wildman–Crippen LogP) is -9.57. The number of hydrogen-bond donors (Lipinski definition) is 3. The van der Waals surface area contributed by atoms with E-state index in [2.05, 4.69) is 0 Å².